The molecule has 3 heterocycles. The van der Waals surface area contributed by atoms with Crippen molar-refractivity contribution in [2.45, 2.75) is 6.92 Å². The summed E-state index contributed by atoms with van der Waals surface area (Å²) in [6, 6.07) is 14.8. The summed E-state index contributed by atoms with van der Waals surface area (Å²) in [5.74, 6) is -0.390. The summed E-state index contributed by atoms with van der Waals surface area (Å²) in [5, 5.41) is 0.114. The fourth-order valence-corrected chi connectivity index (χ4v) is 5.14. The van der Waals surface area contributed by atoms with Crippen molar-refractivity contribution in [3.63, 3.8) is 0 Å². The number of piperazine rings is 1. The Labute approximate surface area is 188 Å². The molecule has 158 valence electrons. The molecule has 5 nitrogen and oxygen atoms in total. The highest BCUT2D eigenvalue weighted by Gasteiger charge is 2.26. The van der Waals surface area contributed by atoms with E-state index in [-0.39, 0.29) is 10.9 Å². The Morgan fingerprint density at radius 1 is 1.10 bits per heavy atom. The van der Waals surface area contributed by atoms with Crippen LogP contribution in [0.15, 0.2) is 54.7 Å². The van der Waals surface area contributed by atoms with Crippen molar-refractivity contribution in [2.24, 2.45) is 0 Å². The normalized spacial score (nSPS) is 14.4. The zero-order valence-corrected chi connectivity index (χ0v) is 18.5. The predicted molar refractivity (Wildman–Crippen MR) is 123 cm³/mol. The highest BCUT2D eigenvalue weighted by Crippen LogP contribution is 2.29. The smallest absolute Gasteiger partial charge is 0.265 e. The van der Waals surface area contributed by atoms with E-state index in [1.807, 2.05) is 52.8 Å². The van der Waals surface area contributed by atoms with Crippen LogP contribution in [0.4, 0.5) is 10.1 Å². The van der Waals surface area contributed by atoms with Crippen molar-refractivity contribution in [2.75, 3.05) is 31.1 Å². The number of thiazole rings is 1. The van der Waals surface area contributed by atoms with Crippen molar-refractivity contribution in [3.05, 3.63) is 76.1 Å². The molecule has 0 aliphatic carbocycles. The first-order chi connectivity index (χ1) is 15.0. The Hall–Kier alpha value is -2.90. The summed E-state index contributed by atoms with van der Waals surface area (Å²) in [7, 11) is 0. The Morgan fingerprint density at radius 3 is 2.52 bits per heavy atom. The van der Waals surface area contributed by atoms with Gasteiger partial charge in [-0.25, -0.2) is 9.37 Å². The molecular weight excluding hydrogens is 435 g/mol. The minimum Gasteiger partial charge on any atom is -0.368 e. The number of hydrogen-bond acceptors (Lipinski definition) is 4. The molecule has 1 aliphatic rings. The van der Waals surface area contributed by atoms with Crippen LogP contribution in [-0.2, 0) is 0 Å². The lowest BCUT2D eigenvalue weighted by atomic mass is 10.2. The maximum Gasteiger partial charge on any atom is 0.265 e. The second-order valence-corrected chi connectivity index (χ2v) is 8.92. The van der Waals surface area contributed by atoms with Crippen LogP contribution in [0.2, 0.25) is 5.02 Å². The van der Waals surface area contributed by atoms with Crippen LogP contribution in [-0.4, -0.2) is 46.4 Å². The van der Waals surface area contributed by atoms with E-state index in [2.05, 4.69) is 4.90 Å². The van der Waals surface area contributed by atoms with Gasteiger partial charge in [0.25, 0.3) is 5.91 Å². The lowest BCUT2D eigenvalue weighted by Gasteiger charge is -2.36. The summed E-state index contributed by atoms with van der Waals surface area (Å²) in [6.07, 6.45) is 1.99. The van der Waals surface area contributed by atoms with E-state index in [0.29, 0.717) is 26.2 Å². The number of rotatable bonds is 3. The molecule has 0 radical (unpaired) electrons. The largest absolute Gasteiger partial charge is 0.368 e. The summed E-state index contributed by atoms with van der Waals surface area (Å²) in [6.45, 7) is 4.51. The van der Waals surface area contributed by atoms with Crippen LogP contribution in [0.3, 0.4) is 0 Å². The van der Waals surface area contributed by atoms with E-state index >= 15 is 0 Å². The van der Waals surface area contributed by atoms with Gasteiger partial charge in [0.2, 0.25) is 0 Å². The number of aromatic nitrogens is 2. The SMILES string of the molecule is Cc1c(C(=O)N2CCN(c3ccc(F)c(Cl)c3)CC2)sc2nc(-c3ccccc3)cn12. The third kappa shape index (κ3) is 3.68. The molecule has 1 saturated heterocycles. The molecule has 0 saturated carbocycles. The van der Waals surface area contributed by atoms with Gasteiger partial charge in [-0.15, -0.1) is 0 Å². The number of aryl methyl sites for hydroxylation is 1. The Morgan fingerprint density at radius 2 is 1.84 bits per heavy atom. The average molecular weight is 455 g/mol. The van der Waals surface area contributed by atoms with Crippen molar-refractivity contribution in [3.8, 4) is 11.3 Å². The molecule has 2 aromatic heterocycles. The average Bonchev–Trinajstić information content (AvgIpc) is 3.35. The molecule has 4 aromatic rings. The van der Waals surface area contributed by atoms with Crippen molar-refractivity contribution >= 4 is 39.5 Å². The molecule has 0 unspecified atom stereocenters. The van der Waals surface area contributed by atoms with Gasteiger partial charge in [-0.2, -0.15) is 0 Å². The summed E-state index contributed by atoms with van der Waals surface area (Å²) in [4.78, 5) is 23.4. The first-order valence-electron chi connectivity index (χ1n) is 10.0. The number of anilines is 1. The Bertz CT molecular complexity index is 1260. The van der Waals surface area contributed by atoms with Crippen LogP contribution in [0.5, 0.6) is 0 Å². The van der Waals surface area contributed by atoms with E-state index in [9.17, 15) is 9.18 Å². The van der Waals surface area contributed by atoms with Crippen LogP contribution < -0.4 is 4.90 Å². The maximum atomic E-state index is 13.4. The van der Waals surface area contributed by atoms with Crippen LogP contribution in [0, 0.1) is 12.7 Å². The number of carbonyl (C=O) groups is 1. The molecule has 0 bridgehead atoms. The Kier molecular flexibility index (Phi) is 5.16. The van der Waals surface area contributed by atoms with Crippen LogP contribution in [0.1, 0.15) is 15.4 Å². The number of amides is 1. The number of imidazole rings is 1. The van der Waals surface area contributed by atoms with E-state index in [1.165, 1.54) is 17.4 Å². The lowest BCUT2D eigenvalue weighted by Crippen LogP contribution is -2.48. The molecule has 5 rings (SSSR count). The second kappa shape index (κ2) is 7.98. The van der Waals surface area contributed by atoms with Gasteiger partial charge in [-0.1, -0.05) is 53.3 Å². The van der Waals surface area contributed by atoms with Gasteiger partial charge in [-0.3, -0.25) is 9.20 Å². The Balaban J connectivity index is 1.32. The number of nitrogens with zero attached hydrogens (tertiary/aromatic N) is 4. The zero-order chi connectivity index (χ0) is 21.5. The summed E-state index contributed by atoms with van der Waals surface area (Å²) in [5.41, 5.74) is 3.74. The van der Waals surface area contributed by atoms with Gasteiger partial charge in [0.1, 0.15) is 10.7 Å². The molecule has 31 heavy (non-hydrogen) atoms. The topological polar surface area (TPSA) is 40.9 Å². The standard InChI is InChI=1S/C23H20ClFN4OS/c1-15-21(31-23-26-20(14-29(15)23)16-5-3-2-4-6-16)22(30)28-11-9-27(10-12-28)17-7-8-19(25)18(24)13-17/h2-8,13-14H,9-12H2,1H3. The van der Waals surface area contributed by atoms with Crippen molar-refractivity contribution in [1.82, 2.24) is 14.3 Å². The first kappa shape index (κ1) is 20.0. The number of hydrogen-bond donors (Lipinski definition) is 0. The molecule has 0 N–H and O–H groups in total. The first-order valence-corrected chi connectivity index (χ1v) is 11.2. The fraction of sp³-hybridized carbons (Fsp3) is 0.217. The van der Waals surface area contributed by atoms with Crippen LogP contribution >= 0.6 is 22.9 Å². The molecule has 0 spiro atoms. The van der Waals surface area contributed by atoms with Gasteiger partial charge in [0.05, 0.1) is 10.7 Å². The van der Waals surface area contributed by atoms with E-state index < -0.39 is 5.82 Å². The predicted octanol–water partition coefficient (Wildman–Crippen LogP) is 5.13. The number of halogens is 2. The third-order valence-electron chi connectivity index (χ3n) is 5.66. The summed E-state index contributed by atoms with van der Waals surface area (Å²) >= 11 is 7.34. The zero-order valence-electron chi connectivity index (χ0n) is 16.9. The molecule has 1 amide bonds. The van der Waals surface area contributed by atoms with E-state index in [4.69, 9.17) is 16.6 Å². The molecule has 1 fully saturated rings. The van der Waals surface area contributed by atoms with Crippen molar-refractivity contribution in [1.29, 1.82) is 0 Å². The minimum atomic E-state index is -0.423. The molecule has 2 aromatic carbocycles. The van der Waals surface area contributed by atoms with Crippen molar-refractivity contribution < 1.29 is 9.18 Å². The monoisotopic (exact) mass is 454 g/mol. The number of carbonyl (C=O) groups excluding carboxylic acids is 1. The second-order valence-electron chi connectivity index (χ2n) is 7.54. The van der Waals surface area contributed by atoms with Gasteiger partial charge >= 0.3 is 0 Å². The minimum absolute atomic E-state index is 0.0334. The fourth-order valence-electron chi connectivity index (χ4n) is 3.89. The number of fused-ring (bicyclic) bond motifs is 1. The van der Waals surface area contributed by atoms with Gasteiger partial charge in [0.15, 0.2) is 4.96 Å². The molecule has 8 heteroatoms. The molecule has 1 aliphatic heterocycles. The van der Waals surface area contributed by atoms with Gasteiger partial charge < -0.3 is 9.80 Å². The quantitative estimate of drug-likeness (QED) is 0.431. The number of benzene rings is 2. The van der Waals surface area contributed by atoms with Crippen LogP contribution in [0.25, 0.3) is 16.2 Å². The molecule has 0 atom stereocenters. The van der Waals surface area contributed by atoms with Gasteiger partial charge in [-0.05, 0) is 25.1 Å². The summed E-state index contributed by atoms with van der Waals surface area (Å²) < 4.78 is 15.4. The van der Waals surface area contributed by atoms with Gasteiger partial charge in [0, 0.05) is 49.3 Å². The van der Waals surface area contributed by atoms with E-state index in [1.54, 1.807) is 12.1 Å². The highest BCUT2D eigenvalue weighted by atomic mass is 35.5. The van der Waals surface area contributed by atoms with E-state index in [0.717, 1.165) is 32.5 Å². The maximum absolute atomic E-state index is 13.4. The molecular formula is C23H20ClFN4OS. The third-order valence-corrected chi connectivity index (χ3v) is 7.09. The highest BCUT2D eigenvalue weighted by molar-refractivity contribution is 7.19. The lowest BCUT2D eigenvalue weighted by molar-refractivity contribution is 0.0750.